The maximum Gasteiger partial charge on any atom is 0.328 e. The van der Waals surface area contributed by atoms with Crippen LogP contribution in [0.25, 0.3) is 6.08 Å². The van der Waals surface area contributed by atoms with E-state index in [9.17, 15) is 4.79 Å². The van der Waals surface area contributed by atoms with Crippen molar-refractivity contribution in [3.05, 3.63) is 35.9 Å². The predicted molar refractivity (Wildman–Crippen MR) is 80.4 cm³/mol. The standard InChI is InChI=1S/C16H23NO2/c1-12(16(2,3)4)17(5)14-9-7-6-8-13(14)10-11-15(18)19/h6-12H,1-5H3,(H,18,19)/b11-10+. The zero-order chi connectivity index (χ0) is 14.6. The van der Waals surface area contributed by atoms with Crippen LogP contribution in [0.1, 0.15) is 33.3 Å². The van der Waals surface area contributed by atoms with E-state index >= 15 is 0 Å². The van der Waals surface area contributed by atoms with Gasteiger partial charge in [-0.15, -0.1) is 0 Å². The van der Waals surface area contributed by atoms with Gasteiger partial charge >= 0.3 is 5.97 Å². The van der Waals surface area contributed by atoms with Crippen LogP contribution in [0, 0.1) is 5.41 Å². The summed E-state index contributed by atoms with van der Waals surface area (Å²) in [4.78, 5) is 12.8. The van der Waals surface area contributed by atoms with Crippen molar-refractivity contribution in [2.24, 2.45) is 5.41 Å². The molecule has 0 bridgehead atoms. The largest absolute Gasteiger partial charge is 0.478 e. The Bertz CT molecular complexity index is 472. The summed E-state index contributed by atoms with van der Waals surface area (Å²) in [6, 6.07) is 8.18. The third-order valence-corrected chi connectivity index (χ3v) is 3.56. The van der Waals surface area contributed by atoms with Crippen molar-refractivity contribution in [1.82, 2.24) is 0 Å². The monoisotopic (exact) mass is 261 g/mol. The van der Waals surface area contributed by atoms with E-state index in [1.165, 1.54) is 6.08 Å². The van der Waals surface area contributed by atoms with Gasteiger partial charge in [-0.25, -0.2) is 4.79 Å². The summed E-state index contributed by atoms with van der Waals surface area (Å²) in [5, 5.41) is 8.74. The first kappa shape index (κ1) is 15.3. The molecule has 0 amide bonds. The Hall–Kier alpha value is -1.77. The third-order valence-electron chi connectivity index (χ3n) is 3.56. The van der Waals surface area contributed by atoms with Crippen LogP contribution in [0.2, 0.25) is 0 Å². The van der Waals surface area contributed by atoms with Crippen LogP contribution < -0.4 is 4.90 Å². The molecule has 0 aliphatic rings. The molecule has 1 N–H and O–H groups in total. The van der Waals surface area contributed by atoms with Crippen molar-refractivity contribution in [3.8, 4) is 0 Å². The minimum absolute atomic E-state index is 0.151. The molecular weight excluding hydrogens is 238 g/mol. The number of hydrogen-bond donors (Lipinski definition) is 1. The van der Waals surface area contributed by atoms with Crippen LogP contribution >= 0.6 is 0 Å². The molecule has 0 aliphatic carbocycles. The van der Waals surface area contributed by atoms with Crippen molar-refractivity contribution < 1.29 is 9.90 Å². The number of carbonyl (C=O) groups is 1. The molecule has 1 aromatic carbocycles. The molecule has 0 saturated carbocycles. The lowest BCUT2D eigenvalue weighted by molar-refractivity contribution is -0.131. The van der Waals surface area contributed by atoms with E-state index in [0.717, 1.165) is 11.3 Å². The van der Waals surface area contributed by atoms with E-state index in [0.29, 0.717) is 6.04 Å². The summed E-state index contributed by atoms with van der Waals surface area (Å²) in [5.74, 6) is -0.929. The number of hydrogen-bond acceptors (Lipinski definition) is 2. The summed E-state index contributed by atoms with van der Waals surface area (Å²) in [5.41, 5.74) is 2.11. The second-order valence-corrected chi connectivity index (χ2v) is 5.88. The number of carboxylic acid groups (broad SMARTS) is 1. The van der Waals surface area contributed by atoms with E-state index < -0.39 is 5.97 Å². The predicted octanol–water partition coefficient (Wildman–Crippen LogP) is 3.66. The Morgan fingerprint density at radius 3 is 2.42 bits per heavy atom. The maximum absolute atomic E-state index is 10.6. The van der Waals surface area contributed by atoms with E-state index in [1.54, 1.807) is 6.08 Å². The maximum atomic E-state index is 10.6. The number of para-hydroxylation sites is 1. The number of rotatable bonds is 4. The smallest absolute Gasteiger partial charge is 0.328 e. The highest BCUT2D eigenvalue weighted by atomic mass is 16.4. The summed E-state index contributed by atoms with van der Waals surface area (Å²) in [6.07, 6.45) is 2.82. The Morgan fingerprint density at radius 2 is 1.89 bits per heavy atom. The molecular formula is C16H23NO2. The quantitative estimate of drug-likeness (QED) is 0.841. The molecule has 1 unspecified atom stereocenters. The lowest BCUT2D eigenvalue weighted by Crippen LogP contribution is -2.39. The molecule has 0 saturated heterocycles. The highest BCUT2D eigenvalue weighted by Gasteiger charge is 2.24. The highest BCUT2D eigenvalue weighted by Crippen LogP contribution is 2.29. The molecule has 0 radical (unpaired) electrons. The average Bonchev–Trinajstić information content (AvgIpc) is 2.33. The first-order chi connectivity index (χ1) is 8.73. The van der Waals surface area contributed by atoms with Crippen molar-refractivity contribution in [2.75, 3.05) is 11.9 Å². The van der Waals surface area contributed by atoms with Crippen LogP contribution in [0.5, 0.6) is 0 Å². The van der Waals surface area contributed by atoms with Gasteiger partial charge in [-0.2, -0.15) is 0 Å². The van der Waals surface area contributed by atoms with Gasteiger partial charge in [-0.1, -0.05) is 39.0 Å². The summed E-state index contributed by atoms with van der Waals surface area (Å²) >= 11 is 0. The van der Waals surface area contributed by atoms with Crippen molar-refractivity contribution in [3.63, 3.8) is 0 Å². The van der Waals surface area contributed by atoms with Crippen molar-refractivity contribution in [2.45, 2.75) is 33.7 Å². The molecule has 19 heavy (non-hydrogen) atoms. The van der Waals surface area contributed by atoms with Gasteiger partial charge in [-0.05, 0) is 30.0 Å². The number of benzene rings is 1. The van der Waals surface area contributed by atoms with E-state index in [2.05, 4.69) is 32.6 Å². The van der Waals surface area contributed by atoms with Crippen LogP contribution in [-0.2, 0) is 4.79 Å². The third kappa shape index (κ3) is 4.12. The topological polar surface area (TPSA) is 40.5 Å². The van der Waals surface area contributed by atoms with Crippen LogP contribution in [0.15, 0.2) is 30.3 Å². The van der Waals surface area contributed by atoms with Crippen molar-refractivity contribution in [1.29, 1.82) is 0 Å². The van der Waals surface area contributed by atoms with Crippen molar-refractivity contribution >= 4 is 17.7 Å². The normalized spacial score (nSPS) is 13.5. The number of nitrogens with zero attached hydrogens (tertiary/aromatic N) is 1. The van der Waals surface area contributed by atoms with Gasteiger partial charge in [0.2, 0.25) is 0 Å². The Morgan fingerprint density at radius 1 is 1.32 bits per heavy atom. The van der Waals surface area contributed by atoms with Gasteiger partial charge in [-0.3, -0.25) is 0 Å². The number of carboxylic acids is 1. The highest BCUT2D eigenvalue weighted by molar-refractivity contribution is 5.87. The second kappa shape index (κ2) is 5.91. The van der Waals surface area contributed by atoms with E-state index in [4.69, 9.17) is 5.11 Å². The summed E-state index contributed by atoms with van der Waals surface area (Å²) < 4.78 is 0. The van der Waals surface area contributed by atoms with Crippen LogP contribution in [0.3, 0.4) is 0 Å². The van der Waals surface area contributed by atoms with Crippen LogP contribution in [-0.4, -0.2) is 24.2 Å². The zero-order valence-corrected chi connectivity index (χ0v) is 12.3. The SMILES string of the molecule is CC(N(C)c1ccccc1/C=C/C(=O)O)C(C)(C)C. The van der Waals surface area contributed by atoms with Gasteiger partial charge in [0.1, 0.15) is 0 Å². The second-order valence-electron chi connectivity index (χ2n) is 5.88. The molecule has 3 nitrogen and oxygen atoms in total. The molecule has 104 valence electrons. The Kier molecular flexibility index (Phi) is 4.76. The molecule has 0 aliphatic heterocycles. The lowest BCUT2D eigenvalue weighted by atomic mass is 9.86. The molecule has 1 rings (SSSR count). The minimum Gasteiger partial charge on any atom is -0.478 e. The molecule has 0 fully saturated rings. The summed E-state index contributed by atoms with van der Waals surface area (Å²) in [7, 11) is 2.04. The fraction of sp³-hybridized carbons (Fsp3) is 0.438. The number of anilines is 1. The van der Waals surface area contributed by atoms with Gasteiger partial charge in [0.25, 0.3) is 0 Å². The Balaban J connectivity index is 3.10. The fourth-order valence-electron chi connectivity index (χ4n) is 1.90. The lowest BCUT2D eigenvalue weighted by Gasteiger charge is -2.37. The van der Waals surface area contributed by atoms with Gasteiger partial charge in [0.05, 0.1) is 0 Å². The van der Waals surface area contributed by atoms with Gasteiger partial charge in [0.15, 0.2) is 0 Å². The zero-order valence-electron chi connectivity index (χ0n) is 12.3. The first-order valence-corrected chi connectivity index (χ1v) is 6.46. The average molecular weight is 261 g/mol. The first-order valence-electron chi connectivity index (χ1n) is 6.46. The summed E-state index contributed by atoms with van der Waals surface area (Å²) in [6.45, 7) is 8.77. The Labute approximate surface area is 115 Å². The fourth-order valence-corrected chi connectivity index (χ4v) is 1.90. The molecule has 0 spiro atoms. The van der Waals surface area contributed by atoms with Gasteiger partial charge < -0.3 is 10.0 Å². The minimum atomic E-state index is -0.929. The molecule has 0 heterocycles. The molecule has 0 aromatic heterocycles. The van der Waals surface area contributed by atoms with Gasteiger partial charge in [0, 0.05) is 24.9 Å². The number of aliphatic carboxylic acids is 1. The van der Waals surface area contributed by atoms with Crippen LogP contribution in [0.4, 0.5) is 5.69 Å². The molecule has 1 aromatic rings. The molecule has 1 atom stereocenters. The van der Waals surface area contributed by atoms with E-state index in [-0.39, 0.29) is 5.41 Å². The van der Waals surface area contributed by atoms with E-state index in [1.807, 2.05) is 31.3 Å². The molecule has 3 heteroatoms.